The molecule has 136 valence electrons. The van der Waals surface area contributed by atoms with Gasteiger partial charge in [0.15, 0.2) is 0 Å². The van der Waals surface area contributed by atoms with Crippen LogP contribution in [-0.4, -0.2) is 48.5 Å². The molecule has 11 heteroatoms. The van der Waals surface area contributed by atoms with Gasteiger partial charge in [0.2, 0.25) is 0 Å². The molecular formula is C15H13F3N6OS. The number of aromatic nitrogens is 5. The smallest absolute Gasteiger partial charge is 0.337 e. The molecule has 0 unspecified atom stereocenters. The lowest BCUT2D eigenvalue weighted by Gasteiger charge is -2.31. The van der Waals surface area contributed by atoms with Crippen LogP contribution in [0.1, 0.15) is 40.8 Å². The van der Waals surface area contributed by atoms with Crippen molar-refractivity contribution < 1.29 is 18.0 Å². The van der Waals surface area contributed by atoms with Gasteiger partial charge in [-0.15, -0.1) is 16.4 Å². The second-order valence-electron chi connectivity index (χ2n) is 5.95. The molecule has 1 aliphatic heterocycles. The van der Waals surface area contributed by atoms with Gasteiger partial charge in [-0.05, 0) is 18.9 Å². The monoisotopic (exact) mass is 382 g/mol. The van der Waals surface area contributed by atoms with Crippen LogP contribution in [0.2, 0.25) is 0 Å². The third-order valence-corrected chi connectivity index (χ3v) is 4.96. The van der Waals surface area contributed by atoms with E-state index in [1.165, 1.54) is 17.5 Å². The maximum Gasteiger partial charge on any atom is 0.453 e. The number of alkyl halides is 3. The second-order valence-corrected chi connectivity index (χ2v) is 6.67. The molecule has 1 saturated heterocycles. The van der Waals surface area contributed by atoms with Gasteiger partial charge in [0.05, 0.1) is 11.2 Å². The van der Waals surface area contributed by atoms with E-state index in [2.05, 4.69) is 20.1 Å². The number of hydrogen-bond acceptors (Lipinski definition) is 6. The van der Waals surface area contributed by atoms with E-state index in [-0.39, 0.29) is 17.6 Å². The van der Waals surface area contributed by atoms with E-state index < -0.39 is 12.0 Å². The van der Waals surface area contributed by atoms with Crippen molar-refractivity contribution in [3.63, 3.8) is 0 Å². The zero-order chi connectivity index (χ0) is 18.3. The summed E-state index contributed by atoms with van der Waals surface area (Å²) in [7, 11) is 0. The lowest BCUT2D eigenvalue weighted by Crippen LogP contribution is -2.38. The van der Waals surface area contributed by atoms with Gasteiger partial charge in [0.1, 0.15) is 5.69 Å². The molecule has 7 nitrogen and oxygen atoms in total. The second kappa shape index (κ2) is 6.31. The first-order valence-corrected chi connectivity index (χ1v) is 8.84. The highest BCUT2D eigenvalue weighted by Gasteiger charge is 2.37. The molecule has 0 spiro atoms. The molecule has 1 aliphatic rings. The van der Waals surface area contributed by atoms with Gasteiger partial charge in [-0.1, -0.05) is 0 Å². The van der Waals surface area contributed by atoms with Crippen LogP contribution >= 0.6 is 11.3 Å². The highest BCUT2D eigenvalue weighted by Crippen LogP contribution is 2.30. The Labute approximate surface area is 149 Å². The summed E-state index contributed by atoms with van der Waals surface area (Å²) in [5.41, 5.74) is 2.65. The number of rotatable bonds is 2. The van der Waals surface area contributed by atoms with E-state index in [1.54, 1.807) is 21.9 Å². The maximum absolute atomic E-state index is 12.9. The minimum atomic E-state index is -4.62. The number of piperidine rings is 1. The van der Waals surface area contributed by atoms with Crippen molar-refractivity contribution in [3.05, 3.63) is 40.4 Å². The van der Waals surface area contributed by atoms with E-state index in [4.69, 9.17) is 0 Å². The number of carbonyl (C=O) groups is 1. The summed E-state index contributed by atoms with van der Waals surface area (Å²) >= 11 is 1.36. The molecule has 0 saturated carbocycles. The number of amides is 1. The summed E-state index contributed by atoms with van der Waals surface area (Å²) in [4.78, 5) is 25.4. The van der Waals surface area contributed by atoms with Gasteiger partial charge < -0.3 is 4.90 Å². The van der Waals surface area contributed by atoms with Crippen molar-refractivity contribution in [2.45, 2.75) is 24.9 Å². The Morgan fingerprint density at radius 1 is 1.23 bits per heavy atom. The molecule has 0 aromatic carbocycles. The molecule has 1 amide bonds. The van der Waals surface area contributed by atoms with Crippen LogP contribution in [0.4, 0.5) is 13.2 Å². The fourth-order valence-corrected chi connectivity index (χ4v) is 3.62. The Bertz CT molecular complexity index is 931. The van der Waals surface area contributed by atoms with Crippen molar-refractivity contribution in [1.82, 2.24) is 29.5 Å². The molecular weight excluding hydrogens is 369 g/mol. The molecule has 0 bridgehead atoms. The van der Waals surface area contributed by atoms with E-state index in [0.717, 1.165) is 4.52 Å². The van der Waals surface area contributed by atoms with Crippen molar-refractivity contribution >= 4 is 23.0 Å². The number of carbonyl (C=O) groups excluding carboxylic acids is 1. The third-order valence-electron chi connectivity index (χ3n) is 4.38. The first-order valence-electron chi connectivity index (χ1n) is 7.90. The van der Waals surface area contributed by atoms with Crippen LogP contribution in [0, 0.1) is 0 Å². The lowest BCUT2D eigenvalue weighted by molar-refractivity contribution is -0.144. The van der Waals surface area contributed by atoms with Crippen LogP contribution in [0.5, 0.6) is 0 Å². The Balaban J connectivity index is 1.54. The molecule has 3 aromatic rings. The quantitative estimate of drug-likeness (QED) is 0.681. The van der Waals surface area contributed by atoms with Crippen LogP contribution in [-0.2, 0) is 6.18 Å². The average molecular weight is 382 g/mol. The summed E-state index contributed by atoms with van der Waals surface area (Å²) < 4.78 is 39.7. The maximum atomic E-state index is 12.9. The molecule has 0 atom stereocenters. The fourth-order valence-electron chi connectivity index (χ4n) is 3.10. The topological polar surface area (TPSA) is 76.3 Å². The van der Waals surface area contributed by atoms with E-state index in [9.17, 15) is 18.0 Å². The van der Waals surface area contributed by atoms with Crippen molar-refractivity contribution in [1.29, 1.82) is 0 Å². The molecule has 1 fully saturated rings. The van der Waals surface area contributed by atoms with Crippen LogP contribution in [0.3, 0.4) is 0 Å². The van der Waals surface area contributed by atoms with Crippen molar-refractivity contribution in [3.8, 4) is 0 Å². The number of fused-ring (bicyclic) bond motifs is 1. The van der Waals surface area contributed by atoms with Crippen molar-refractivity contribution in [2.24, 2.45) is 0 Å². The van der Waals surface area contributed by atoms with E-state index >= 15 is 0 Å². The van der Waals surface area contributed by atoms with Gasteiger partial charge in [-0.2, -0.15) is 18.2 Å². The van der Waals surface area contributed by atoms with Gasteiger partial charge in [-0.3, -0.25) is 4.79 Å². The standard InChI is InChI=1S/C15H13F3N6OS/c16-15(17,18)13-21-14-19-4-1-11(24(14)22-13)9-2-5-23(6-3-9)12(25)10-7-26-8-20-10/h1,4,7-9H,2-3,5-6H2. The molecule has 0 aliphatic carbocycles. The van der Waals surface area contributed by atoms with Gasteiger partial charge in [0, 0.05) is 30.6 Å². The Kier molecular flexibility index (Phi) is 4.10. The first-order chi connectivity index (χ1) is 12.4. The SMILES string of the molecule is O=C(c1cscn1)N1CCC(c2ccnc3nc(C(F)(F)F)nn23)CC1. The van der Waals surface area contributed by atoms with Crippen LogP contribution in [0.25, 0.3) is 5.78 Å². The fraction of sp³-hybridized carbons (Fsp3) is 0.400. The third kappa shape index (κ3) is 3.02. The van der Waals surface area contributed by atoms with Crippen molar-refractivity contribution in [2.75, 3.05) is 13.1 Å². The molecule has 0 radical (unpaired) electrons. The highest BCUT2D eigenvalue weighted by molar-refractivity contribution is 7.07. The minimum Gasteiger partial charge on any atom is -0.337 e. The van der Waals surface area contributed by atoms with Gasteiger partial charge in [-0.25, -0.2) is 14.5 Å². The predicted molar refractivity (Wildman–Crippen MR) is 85.8 cm³/mol. The molecule has 4 heterocycles. The lowest BCUT2D eigenvalue weighted by atomic mass is 9.93. The molecule has 26 heavy (non-hydrogen) atoms. The summed E-state index contributed by atoms with van der Waals surface area (Å²) in [6.07, 6.45) is -1.94. The Morgan fingerprint density at radius 3 is 2.65 bits per heavy atom. The number of nitrogens with zero attached hydrogens (tertiary/aromatic N) is 6. The number of hydrogen-bond donors (Lipinski definition) is 0. The van der Waals surface area contributed by atoms with E-state index in [1.807, 2.05) is 0 Å². The summed E-state index contributed by atoms with van der Waals surface area (Å²) in [5, 5.41) is 5.29. The van der Waals surface area contributed by atoms with Gasteiger partial charge >= 0.3 is 6.18 Å². The average Bonchev–Trinajstić information content (AvgIpc) is 3.30. The zero-order valence-electron chi connectivity index (χ0n) is 13.3. The number of thiazole rings is 1. The normalized spacial score (nSPS) is 16.3. The minimum absolute atomic E-state index is 0.0252. The zero-order valence-corrected chi connectivity index (χ0v) is 14.2. The largest absolute Gasteiger partial charge is 0.453 e. The number of likely N-dealkylation sites (tertiary alicyclic amines) is 1. The van der Waals surface area contributed by atoms with Crippen LogP contribution < -0.4 is 0 Å². The van der Waals surface area contributed by atoms with E-state index in [0.29, 0.717) is 37.3 Å². The Hall–Kier alpha value is -2.56. The molecule has 3 aromatic heterocycles. The summed E-state index contributed by atoms with van der Waals surface area (Å²) in [6, 6.07) is 1.66. The number of halogens is 3. The molecule has 4 rings (SSSR count). The van der Waals surface area contributed by atoms with Crippen LogP contribution in [0.15, 0.2) is 23.2 Å². The Morgan fingerprint density at radius 2 is 2.00 bits per heavy atom. The highest BCUT2D eigenvalue weighted by atomic mass is 32.1. The summed E-state index contributed by atoms with van der Waals surface area (Å²) in [6.45, 7) is 1.01. The molecule has 0 N–H and O–H groups in total. The van der Waals surface area contributed by atoms with Gasteiger partial charge in [0.25, 0.3) is 17.5 Å². The first kappa shape index (κ1) is 16.9. The summed E-state index contributed by atoms with van der Waals surface area (Å²) in [5.74, 6) is -1.42. The predicted octanol–water partition coefficient (Wildman–Crippen LogP) is 2.62.